The number of carbonyl (C=O) groups excluding carboxylic acids is 3. The molecule has 1 aliphatic carbocycles. The number of anilines is 2. The second-order valence-electron chi connectivity index (χ2n) is 10.3. The number of piperazine rings is 1. The van der Waals surface area contributed by atoms with E-state index in [9.17, 15) is 14.4 Å². The minimum atomic E-state index is -0.245. The van der Waals surface area contributed by atoms with Crippen molar-refractivity contribution in [1.29, 1.82) is 0 Å². The number of ether oxygens (including phenoxy) is 1. The second kappa shape index (κ2) is 13.9. The number of aromatic nitrogens is 1. The topological polar surface area (TPSA) is 91.8 Å². The van der Waals surface area contributed by atoms with Crippen LogP contribution in [0.15, 0.2) is 36.5 Å². The summed E-state index contributed by atoms with van der Waals surface area (Å²) in [6.07, 6.45) is 7.03. The van der Waals surface area contributed by atoms with Crippen LogP contribution in [0.1, 0.15) is 67.9 Å². The molecule has 1 saturated heterocycles. The molecule has 8 heteroatoms. The van der Waals surface area contributed by atoms with Crippen LogP contribution >= 0.6 is 0 Å². The van der Waals surface area contributed by atoms with Gasteiger partial charge in [-0.1, -0.05) is 19.9 Å². The molecule has 2 amide bonds. The Morgan fingerprint density at radius 3 is 2.21 bits per heavy atom. The van der Waals surface area contributed by atoms with E-state index in [1.165, 1.54) is 38.0 Å². The molecule has 38 heavy (non-hydrogen) atoms. The highest BCUT2D eigenvalue weighted by atomic mass is 16.5. The number of nitrogens with one attached hydrogen (secondary N) is 1. The van der Waals surface area contributed by atoms with Crippen molar-refractivity contribution in [2.45, 2.75) is 59.8 Å². The highest BCUT2D eigenvalue weighted by Gasteiger charge is 2.30. The molecule has 2 aromatic rings. The van der Waals surface area contributed by atoms with Crippen molar-refractivity contribution in [3.63, 3.8) is 0 Å². The Morgan fingerprint density at radius 1 is 1.03 bits per heavy atom. The number of methoxy groups -OCH3 is 1. The van der Waals surface area contributed by atoms with Gasteiger partial charge in [-0.25, -0.2) is 4.98 Å². The number of amides is 2. The Balaban J connectivity index is 0.000000732. The number of hydrogen-bond acceptors (Lipinski definition) is 6. The van der Waals surface area contributed by atoms with E-state index in [1.807, 2.05) is 29.2 Å². The first-order valence-corrected chi connectivity index (χ1v) is 13.7. The average Bonchev–Trinajstić information content (AvgIpc) is 2.93. The number of aryl methyl sites for hydroxylation is 2. The van der Waals surface area contributed by atoms with Gasteiger partial charge in [0.05, 0.1) is 12.7 Å². The predicted octanol–water partition coefficient (Wildman–Crippen LogP) is 4.86. The van der Waals surface area contributed by atoms with Crippen molar-refractivity contribution in [3.8, 4) is 0 Å². The third kappa shape index (κ3) is 8.04. The van der Waals surface area contributed by atoms with Crippen LogP contribution in [-0.2, 0) is 20.7 Å². The number of carbonyl (C=O) groups is 3. The van der Waals surface area contributed by atoms with Crippen molar-refractivity contribution in [3.05, 3.63) is 53.2 Å². The first kappa shape index (κ1) is 29.1. The molecule has 2 fully saturated rings. The summed E-state index contributed by atoms with van der Waals surface area (Å²) in [5, 5.41) is 2.96. The van der Waals surface area contributed by atoms with Crippen molar-refractivity contribution in [2.75, 3.05) is 43.5 Å². The van der Waals surface area contributed by atoms with Crippen LogP contribution in [0, 0.1) is 18.8 Å². The van der Waals surface area contributed by atoms with Gasteiger partial charge in [-0.3, -0.25) is 14.4 Å². The summed E-state index contributed by atoms with van der Waals surface area (Å²) in [6.45, 7) is 10.9. The van der Waals surface area contributed by atoms with E-state index in [4.69, 9.17) is 0 Å². The summed E-state index contributed by atoms with van der Waals surface area (Å²) in [5.74, 6) is 1.76. The van der Waals surface area contributed by atoms with Gasteiger partial charge < -0.3 is 19.9 Å². The SMILES string of the molecule is CCc1ccc(NC(=O)c2ccc(N3CCN(C(=O)C4CCC(C)CC4)CC3)nc2)cc1C.COC(C)=O. The molecular formula is C30H42N4O4. The summed E-state index contributed by atoms with van der Waals surface area (Å²) < 4.78 is 4.11. The fraction of sp³-hybridized carbons (Fsp3) is 0.533. The first-order valence-electron chi connectivity index (χ1n) is 13.7. The molecule has 0 radical (unpaired) electrons. The minimum Gasteiger partial charge on any atom is -0.469 e. The van der Waals surface area contributed by atoms with Crippen LogP contribution < -0.4 is 10.2 Å². The maximum atomic E-state index is 12.9. The van der Waals surface area contributed by atoms with Gasteiger partial charge in [-0.05, 0) is 80.3 Å². The Bertz CT molecular complexity index is 1090. The zero-order chi connectivity index (χ0) is 27.7. The molecule has 1 N–H and O–H groups in total. The Morgan fingerprint density at radius 2 is 1.68 bits per heavy atom. The van der Waals surface area contributed by atoms with Gasteiger partial charge in [0.15, 0.2) is 0 Å². The van der Waals surface area contributed by atoms with Crippen LogP contribution in [0.4, 0.5) is 11.5 Å². The van der Waals surface area contributed by atoms with E-state index in [-0.39, 0.29) is 17.8 Å². The van der Waals surface area contributed by atoms with Gasteiger partial charge >= 0.3 is 5.97 Å². The molecule has 1 aromatic heterocycles. The van der Waals surface area contributed by atoms with Crippen molar-refractivity contribution in [2.24, 2.45) is 11.8 Å². The molecule has 1 saturated carbocycles. The summed E-state index contributed by atoms with van der Waals surface area (Å²) in [5.41, 5.74) is 3.80. The third-order valence-electron chi connectivity index (χ3n) is 7.56. The minimum absolute atomic E-state index is 0.157. The summed E-state index contributed by atoms with van der Waals surface area (Å²) in [7, 11) is 1.35. The fourth-order valence-electron chi connectivity index (χ4n) is 5.00. The number of esters is 1. The Kier molecular flexibility index (Phi) is 10.7. The zero-order valence-electron chi connectivity index (χ0n) is 23.5. The van der Waals surface area contributed by atoms with Gasteiger partial charge in [-0.15, -0.1) is 0 Å². The summed E-state index contributed by atoms with van der Waals surface area (Å²) in [6, 6.07) is 9.74. The zero-order valence-corrected chi connectivity index (χ0v) is 23.5. The highest BCUT2D eigenvalue weighted by Crippen LogP contribution is 2.30. The molecular weight excluding hydrogens is 480 g/mol. The number of nitrogens with zero attached hydrogens (tertiary/aromatic N) is 3. The Labute approximate surface area is 226 Å². The lowest BCUT2D eigenvalue weighted by Crippen LogP contribution is -2.51. The van der Waals surface area contributed by atoms with E-state index in [2.05, 4.69) is 46.8 Å². The van der Waals surface area contributed by atoms with E-state index in [0.29, 0.717) is 11.5 Å². The molecule has 0 atom stereocenters. The normalized spacial score (nSPS) is 19.2. The largest absolute Gasteiger partial charge is 0.469 e. The van der Waals surface area contributed by atoms with Crippen LogP contribution in [0.25, 0.3) is 0 Å². The van der Waals surface area contributed by atoms with Gasteiger partial charge in [0.2, 0.25) is 5.91 Å². The Hall–Kier alpha value is -3.42. The van der Waals surface area contributed by atoms with Gasteiger partial charge in [0.25, 0.3) is 5.91 Å². The molecule has 8 nitrogen and oxygen atoms in total. The van der Waals surface area contributed by atoms with Crippen LogP contribution in [0.3, 0.4) is 0 Å². The number of benzene rings is 1. The van der Waals surface area contributed by atoms with Crippen molar-refractivity contribution >= 4 is 29.3 Å². The number of hydrogen-bond donors (Lipinski definition) is 1. The predicted molar refractivity (Wildman–Crippen MR) is 150 cm³/mol. The highest BCUT2D eigenvalue weighted by molar-refractivity contribution is 6.04. The lowest BCUT2D eigenvalue weighted by molar-refractivity contribution is -0.138. The van der Waals surface area contributed by atoms with E-state index in [1.54, 1.807) is 6.20 Å². The van der Waals surface area contributed by atoms with Gasteiger partial charge in [-0.2, -0.15) is 0 Å². The molecule has 0 bridgehead atoms. The lowest BCUT2D eigenvalue weighted by atomic mass is 9.82. The molecule has 2 heterocycles. The number of pyridine rings is 1. The summed E-state index contributed by atoms with van der Waals surface area (Å²) in [4.78, 5) is 43.9. The van der Waals surface area contributed by atoms with Crippen LogP contribution in [-0.4, -0.2) is 61.0 Å². The maximum absolute atomic E-state index is 12.9. The van der Waals surface area contributed by atoms with Crippen LogP contribution in [0.5, 0.6) is 0 Å². The maximum Gasteiger partial charge on any atom is 0.302 e. The van der Waals surface area contributed by atoms with Gasteiger partial charge in [0, 0.05) is 50.9 Å². The second-order valence-corrected chi connectivity index (χ2v) is 10.3. The molecule has 1 aliphatic heterocycles. The molecule has 0 spiro atoms. The first-order chi connectivity index (χ1) is 18.2. The van der Waals surface area contributed by atoms with Crippen LogP contribution in [0.2, 0.25) is 0 Å². The molecule has 0 unspecified atom stereocenters. The third-order valence-corrected chi connectivity index (χ3v) is 7.56. The van der Waals surface area contributed by atoms with E-state index >= 15 is 0 Å². The standard InChI is InChI=1S/C27H36N4O2.C3H6O2/c1-4-21-9-11-24(17-20(21)3)29-26(32)23-10-12-25(28-18-23)30-13-15-31(16-14-30)27(33)22-7-5-19(2)6-8-22;1-3(4)5-2/h9-12,17-19,22H,4-8,13-16H2,1-3H3,(H,29,32);1-2H3. The molecule has 206 valence electrons. The monoisotopic (exact) mass is 522 g/mol. The van der Waals surface area contributed by atoms with E-state index < -0.39 is 0 Å². The van der Waals surface area contributed by atoms with E-state index in [0.717, 1.165) is 62.9 Å². The van der Waals surface area contributed by atoms with Crippen molar-refractivity contribution in [1.82, 2.24) is 9.88 Å². The molecule has 2 aliphatic rings. The summed E-state index contributed by atoms with van der Waals surface area (Å²) >= 11 is 0. The molecule has 4 rings (SSSR count). The smallest absolute Gasteiger partial charge is 0.302 e. The average molecular weight is 523 g/mol. The van der Waals surface area contributed by atoms with Crippen molar-refractivity contribution < 1.29 is 19.1 Å². The molecule has 1 aromatic carbocycles. The quantitative estimate of drug-likeness (QED) is 0.564. The fourth-order valence-corrected chi connectivity index (χ4v) is 5.00. The van der Waals surface area contributed by atoms with Gasteiger partial charge in [0.1, 0.15) is 5.82 Å². The number of rotatable bonds is 5. The lowest BCUT2D eigenvalue weighted by Gasteiger charge is -2.38.